The number of nitro benzene ring substituents is 1. The number of hydrogen-bond acceptors (Lipinski definition) is 5. The van der Waals surface area contributed by atoms with E-state index in [1.165, 1.54) is 6.20 Å². The lowest BCUT2D eigenvalue weighted by Crippen LogP contribution is -1.94. The summed E-state index contributed by atoms with van der Waals surface area (Å²) in [5.74, 6) is 0.299. The van der Waals surface area contributed by atoms with Crippen LogP contribution in [0.4, 0.5) is 11.7 Å². The van der Waals surface area contributed by atoms with Gasteiger partial charge in [-0.3, -0.25) is 10.1 Å². The van der Waals surface area contributed by atoms with E-state index in [1.54, 1.807) is 25.1 Å². The summed E-state index contributed by atoms with van der Waals surface area (Å²) in [5.41, 5.74) is 6.30. The van der Waals surface area contributed by atoms with Gasteiger partial charge >= 0.3 is 0 Å². The van der Waals surface area contributed by atoms with Crippen LogP contribution in [0.15, 0.2) is 28.8 Å². The van der Waals surface area contributed by atoms with Crippen molar-refractivity contribution in [1.82, 2.24) is 4.98 Å². The summed E-state index contributed by atoms with van der Waals surface area (Å²) in [6.45, 7) is 1.67. The van der Waals surface area contributed by atoms with Gasteiger partial charge in [-0.05, 0) is 13.0 Å². The molecule has 2 rings (SSSR count). The molecule has 0 fully saturated rings. The number of aryl methyl sites for hydroxylation is 1. The summed E-state index contributed by atoms with van der Waals surface area (Å²) in [6.07, 6.45) is 1.37. The third kappa shape index (κ3) is 1.60. The van der Waals surface area contributed by atoms with E-state index in [-0.39, 0.29) is 11.7 Å². The number of nitrogens with two attached hydrogens (primary N) is 1. The van der Waals surface area contributed by atoms with Crippen molar-refractivity contribution in [2.24, 2.45) is 0 Å². The second-order valence-corrected chi connectivity index (χ2v) is 3.29. The Morgan fingerprint density at radius 3 is 2.81 bits per heavy atom. The molecule has 1 aromatic carbocycles. The highest BCUT2D eigenvalue weighted by atomic mass is 16.6. The Balaban J connectivity index is 2.65. The number of rotatable bonds is 2. The zero-order chi connectivity index (χ0) is 11.7. The molecule has 16 heavy (non-hydrogen) atoms. The van der Waals surface area contributed by atoms with E-state index in [9.17, 15) is 10.1 Å². The largest absolute Gasteiger partial charge is 0.423 e. The third-order valence-corrected chi connectivity index (χ3v) is 2.21. The van der Waals surface area contributed by atoms with Gasteiger partial charge in [0, 0.05) is 5.56 Å². The van der Waals surface area contributed by atoms with Gasteiger partial charge in [0.2, 0.25) is 0 Å². The Morgan fingerprint density at radius 1 is 1.50 bits per heavy atom. The zero-order valence-electron chi connectivity index (χ0n) is 8.51. The normalized spacial score (nSPS) is 10.3. The summed E-state index contributed by atoms with van der Waals surface area (Å²) >= 11 is 0. The molecule has 0 unspecified atom stereocenters. The summed E-state index contributed by atoms with van der Waals surface area (Å²) in [6, 6.07) is 4.98. The average molecular weight is 219 g/mol. The maximum absolute atomic E-state index is 10.9. The lowest BCUT2D eigenvalue weighted by Gasteiger charge is -2.01. The van der Waals surface area contributed by atoms with E-state index in [0.29, 0.717) is 16.9 Å². The minimum atomic E-state index is -0.441. The van der Waals surface area contributed by atoms with E-state index in [2.05, 4.69) is 4.98 Å². The molecule has 0 amide bonds. The monoisotopic (exact) mass is 219 g/mol. The number of nitro groups is 1. The molecule has 0 spiro atoms. The van der Waals surface area contributed by atoms with E-state index < -0.39 is 4.92 Å². The van der Waals surface area contributed by atoms with Gasteiger partial charge < -0.3 is 10.2 Å². The van der Waals surface area contributed by atoms with Crippen LogP contribution in [0, 0.1) is 17.0 Å². The van der Waals surface area contributed by atoms with Gasteiger partial charge in [-0.2, -0.15) is 0 Å². The van der Waals surface area contributed by atoms with Crippen molar-refractivity contribution in [3.63, 3.8) is 0 Å². The van der Waals surface area contributed by atoms with Gasteiger partial charge in [-0.1, -0.05) is 12.1 Å². The predicted octanol–water partition coefficient (Wildman–Crippen LogP) is 2.14. The molecule has 6 nitrogen and oxygen atoms in total. The fourth-order valence-corrected chi connectivity index (χ4v) is 1.51. The minimum Gasteiger partial charge on any atom is -0.423 e. The number of nitrogens with zero attached hydrogens (tertiary/aromatic N) is 2. The number of oxazole rings is 1. The van der Waals surface area contributed by atoms with E-state index in [4.69, 9.17) is 10.2 Å². The van der Waals surface area contributed by atoms with Gasteiger partial charge in [-0.15, -0.1) is 0 Å². The van der Waals surface area contributed by atoms with Crippen molar-refractivity contribution in [2.45, 2.75) is 6.92 Å². The fourth-order valence-electron chi connectivity index (χ4n) is 1.51. The highest BCUT2D eigenvalue weighted by Crippen LogP contribution is 2.33. The first-order valence-corrected chi connectivity index (χ1v) is 4.55. The van der Waals surface area contributed by atoms with Crippen LogP contribution >= 0.6 is 0 Å². The van der Waals surface area contributed by atoms with Crippen molar-refractivity contribution in [2.75, 3.05) is 5.73 Å². The number of benzene rings is 1. The van der Waals surface area contributed by atoms with E-state index in [1.807, 2.05) is 0 Å². The first-order chi connectivity index (χ1) is 7.59. The first-order valence-electron chi connectivity index (χ1n) is 4.55. The molecule has 0 aliphatic carbocycles. The van der Waals surface area contributed by atoms with Crippen molar-refractivity contribution in [1.29, 1.82) is 0 Å². The van der Waals surface area contributed by atoms with Gasteiger partial charge in [-0.25, -0.2) is 4.98 Å². The van der Waals surface area contributed by atoms with Gasteiger partial charge in [0.1, 0.15) is 0 Å². The van der Waals surface area contributed by atoms with Crippen LogP contribution in [0.1, 0.15) is 5.56 Å². The van der Waals surface area contributed by atoms with Crippen LogP contribution in [0.2, 0.25) is 0 Å². The number of nitrogen functional groups attached to an aromatic ring is 1. The topological polar surface area (TPSA) is 95.2 Å². The lowest BCUT2D eigenvalue weighted by atomic mass is 10.1. The third-order valence-electron chi connectivity index (χ3n) is 2.21. The molecular formula is C10H9N3O3. The van der Waals surface area contributed by atoms with Crippen LogP contribution in [0.3, 0.4) is 0 Å². The van der Waals surface area contributed by atoms with Gasteiger partial charge in [0.05, 0.1) is 16.7 Å². The molecule has 6 heteroatoms. The SMILES string of the molecule is Cc1cccc(-c2cnc(N)o2)c1[N+](=O)[O-]. The molecule has 0 aliphatic rings. The van der Waals surface area contributed by atoms with Gasteiger partial charge in [0.25, 0.3) is 11.7 Å². The number of anilines is 1. The Hall–Kier alpha value is -2.37. The second-order valence-electron chi connectivity index (χ2n) is 3.29. The maximum atomic E-state index is 10.9. The van der Waals surface area contributed by atoms with Crippen LogP contribution in [0.5, 0.6) is 0 Å². The quantitative estimate of drug-likeness (QED) is 0.616. The van der Waals surface area contributed by atoms with Gasteiger partial charge in [0.15, 0.2) is 5.76 Å². The van der Waals surface area contributed by atoms with Crippen LogP contribution in [-0.4, -0.2) is 9.91 Å². The molecule has 1 aromatic heterocycles. The molecule has 0 radical (unpaired) electrons. The highest BCUT2D eigenvalue weighted by Gasteiger charge is 2.20. The molecule has 0 aliphatic heterocycles. The van der Waals surface area contributed by atoms with Crippen LogP contribution in [0.25, 0.3) is 11.3 Å². The Morgan fingerprint density at radius 2 is 2.25 bits per heavy atom. The Labute approximate surface area is 90.9 Å². The van der Waals surface area contributed by atoms with Crippen LogP contribution < -0.4 is 5.73 Å². The van der Waals surface area contributed by atoms with Crippen LogP contribution in [-0.2, 0) is 0 Å². The number of hydrogen-bond donors (Lipinski definition) is 1. The molecule has 1 heterocycles. The number of para-hydroxylation sites is 1. The average Bonchev–Trinajstić information content (AvgIpc) is 2.63. The predicted molar refractivity (Wildman–Crippen MR) is 57.7 cm³/mol. The van der Waals surface area contributed by atoms with E-state index >= 15 is 0 Å². The molecule has 82 valence electrons. The van der Waals surface area contributed by atoms with Crippen molar-refractivity contribution in [3.05, 3.63) is 40.1 Å². The fraction of sp³-hybridized carbons (Fsp3) is 0.100. The smallest absolute Gasteiger partial charge is 0.292 e. The molecule has 0 saturated carbocycles. The second kappa shape index (κ2) is 3.65. The van der Waals surface area contributed by atoms with Crippen molar-refractivity contribution >= 4 is 11.7 Å². The molecule has 0 bridgehead atoms. The summed E-state index contributed by atoms with van der Waals surface area (Å²) < 4.78 is 5.08. The maximum Gasteiger partial charge on any atom is 0.292 e. The minimum absolute atomic E-state index is 0.00851. The highest BCUT2D eigenvalue weighted by molar-refractivity contribution is 5.71. The summed E-state index contributed by atoms with van der Waals surface area (Å²) in [7, 11) is 0. The molecule has 2 aromatic rings. The molecule has 2 N–H and O–H groups in total. The summed E-state index contributed by atoms with van der Waals surface area (Å²) in [5, 5.41) is 10.9. The number of aromatic nitrogens is 1. The van der Waals surface area contributed by atoms with Crippen molar-refractivity contribution < 1.29 is 9.34 Å². The lowest BCUT2D eigenvalue weighted by molar-refractivity contribution is -0.384. The standard InChI is InChI=1S/C10H9N3O3/c1-6-3-2-4-7(9(6)13(14)15)8-5-12-10(11)16-8/h2-5H,1H3,(H2,11,12). The van der Waals surface area contributed by atoms with Crippen molar-refractivity contribution in [3.8, 4) is 11.3 Å². The molecule has 0 saturated heterocycles. The summed E-state index contributed by atoms with van der Waals surface area (Å²) in [4.78, 5) is 14.2. The molecular weight excluding hydrogens is 210 g/mol. The van der Waals surface area contributed by atoms with E-state index in [0.717, 1.165) is 0 Å². The Bertz CT molecular complexity index is 548. The Kier molecular flexibility index (Phi) is 2.32. The molecule has 0 atom stereocenters. The zero-order valence-corrected chi connectivity index (χ0v) is 8.51. The first kappa shape index (κ1) is 10.2.